The van der Waals surface area contributed by atoms with Crippen LogP contribution in [0, 0.1) is 5.82 Å². The van der Waals surface area contributed by atoms with Crippen molar-refractivity contribution in [3.8, 4) is 0 Å². The molecule has 0 aliphatic rings. The Hall–Kier alpha value is -0.0900. The first-order chi connectivity index (χ1) is 5.13. The van der Waals surface area contributed by atoms with Gasteiger partial charge in [-0.3, -0.25) is 0 Å². The molecule has 0 aliphatic carbocycles. The molecule has 0 saturated heterocycles. The van der Waals surface area contributed by atoms with Crippen molar-refractivity contribution in [1.82, 2.24) is 0 Å². The maximum Gasteiger partial charge on any atom is 1.00 e. The molecular formula is C7H3ClFNaO2. The van der Waals surface area contributed by atoms with Crippen molar-refractivity contribution < 1.29 is 43.8 Å². The summed E-state index contributed by atoms with van der Waals surface area (Å²) >= 11 is 5.29. The molecule has 0 unspecified atom stereocenters. The van der Waals surface area contributed by atoms with Crippen molar-refractivity contribution >= 4 is 17.6 Å². The molecule has 0 aromatic heterocycles. The number of aromatic carboxylic acids is 1. The van der Waals surface area contributed by atoms with Crippen LogP contribution in [0.3, 0.4) is 0 Å². The summed E-state index contributed by atoms with van der Waals surface area (Å²) in [6, 6.07) is 3.70. The minimum Gasteiger partial charge on any atom is -0.545 e. The quantitative estimate of drug-likeness (QED) is 0.481. The van der Waals surface area contributed by atoms with E-state index in [-0.39, 0.29) is 34.6 Å². The van der Waals surface area contributed by atoms with Crippen molar-refractivity contribution in [2.45, 2.75) is 0 Å². The maximum absolute atomic E-state index is 12.7. The third-order valence-electron chi connectivity index (χ3n) is 1.17. The standard InChI is InChI=1S/C7H4ClFO2.Na/c8-5-3-1-2-4(6(5)9)7(10)11;/h1-3H,(H,10,11);/q;+1/p-1. The predicted molar refractivity (Wildman–Crippen MR) is 35.7 cm³/mol. The first-order valence-electron chi connectivity index (χ1n) is 2.78. The Bertz CT molecular complexity index is 303. The molecule has 1 aromatic rings. The number of hydrogen-bond acceptors (Lipinski definition) is 2. The van der Waals surface area contributed by atoms with E-state index in [1.165, 1.54) is 12.1 Å². The van der Waals surface area contributed by atoms with Crippen LogP contribution in [0.2, 0.25) is 5.02 Å². The number of rotatable bonds is 1. The molecule has 0 atom stereocenters. The Morgan fingerprint density at radius 2 is 2.08 bits per heavy atom. The first-order valence-corrected chi connectivity index (χ1v) is 3.16. The van der Waals surface area contributed by atoms with Crippen molar-refractivity contribution in [2.75, 3.05) is 0 Å². The number of carboxylic acids is 1. The summed E-state index contributed by atoms with van der Waals surface area (Å²) in [7, 11) is 0. The minimum atomic E-state index is -1.56. The molecule has 1 aromatic carbocycles. The maximum atomic E-state index is 12.7. The van der Waals surface area contributed by atoms with Gasteiger partial charge in [0.1, 0.15) is 0 Å². The second-order valence-electron chi connectivity index (χ2n) is 1.89. The van der Waals surface area contributed by atoms with Crippen LogP contribution in [0.4, 0.5) is 4.39 Å². The van der Waals surface area contributed by atoms with Gasteiger partial charge in [-0.15, -0.1) is 0 Å². The molecule has 1 rings (SSSR count). The summed E-state index contributed by atoms with van der Waals surface area (Å²) in [5.74, 6) is -2.51. The number of hydrogen-bond donors (Lipinski definition) is 0. The Morgan fingerprint density at radius 1 is 1.50 bits per heavy atom. The van der Waals surface area contributed by atoms with E-state index in [0.29, 0.717) is 0 Å². The van der Waals surface area contributed by atoms with Gasteiger partial charge in [0.15, 0.2) is 5.82 Å². The summed E-state index contributed by atoms with van der Waals surface area (Å²) in [5.41, 5.74) is -0.516. The van der Waals surface area contributed by atoms with Gasteiger partial charge in [0.2, 0.25) is 0 Å². The van der Waals surface area contributed by atoms with Crippen molar-refractivity contribution in [1.29, 1.82) is 0 Å². The van der Waals surface area contributed by atoms with Gasteiger partial charge in [0.25, 0.3) is 0 Å². The van der Waals surface area contributed by atoms with Gasteiger partial charge in [-0.1, -0.05) is 23.7 Å². The molecule has 0 fully saturated rings. The fraction of sp³-hybridized carbons (Fsp3) is 0. The molecule has 0 heterocycles. The van der Waals surface area contributed by atoms with Crippen LogP contribution < -0.4 is 34.7 Å². The summed E-state index contributed by atoms with van der Waals surface area (Å²) in [6.07, 6.45) is 0. The number of halogens is 2. The number of benzene rings is 1. The fourth-order valence-electron chi connectivity index (χ4n) is 0.661. The predicted octanol–water partition coefficient (Wildman–Crippen LogP) is -2.15. The van der Waals surface area contributed by atoms with Gasteiger partial charge in [0, 0.05) is 5.56 Å². The van der Waals surface area contributed by atoms with Gasteiger partial charge in [-0.2, -0.15) is 0 Å². The average Bonchev–Trinajstić information content (AvgIpc) is 1.94. The Labute approximate surface area is 95.6 Å². The molecule has 5 heteroatoms. The Balaban J connectivity index is 0.00000121. The molecule has 2 nitrogen and oxygen atoms in total. The van der Waals surface area contributed by atoms with Crippen LogP contribution >= 0.6 is 11.6 Å². The van der Waals surface area contributed by atoms with Crippen LogP contribution in [0.25, 0.3) is 0 Å². The van der Waals surface area contributed by atoms with Crippen LogP contribution in [0.1, 0.15) is 10.4 Å². The molecule has 58 valence electrons. The van der Waals surface area contributed by atoms with E-state index in [4.69, 9.17) is 11.6 Å². The van der Waals surface area contributed by atoms with Gasteiger partial charge in [-0.25, -0.2) is 4.39 Å². The molecule has 0 amide bonds. The zero-order chi connectivity index (χ0) is 8.43. The normalized spacial score (nSPS) is 8.83. The largest absolute Gasteiger partial charge is 1.00 e. The van der Waals surface area contributed by atoms with Gasteiger partial charge >= 0.3 is 29.6 Å². The van der Waals surface area contributed by atoms with Crippen molar-refractivity contribution in [3.05, 3.63) is 34.6 Å². The van der Waals surface area contributed by atoms with Gasteiger partial charge in [0.05, 0.1) is 11.0 Å². The van der Waals surface area contributed by atoms with Crippen LogP contribution in [-0.2, 0) is 0 Å². The zero-order valence-corrected chi connectivity index (χ0v) is 9.06. The smallest absolute Gasteiger partial charge is 0.545 e. The van der Waals surface area contributed by atoms with Crippen LogP contribution in [0.5, 0.6) is 0 Å². The summed E-state index contributed by atoms with van der Waals surface area (Å²) in [6.45, 7) is 0. The number of carboxylic acid groups (broad SMARTS) is 1. The van der Waals surface area contributed by atoms with E-state index in [1.54, 1.807) is 0 Å². The third-order valence-corrected chi connectivity index (χ3v) is 1.46. The molecule has 0 N–H and O–H groups in total. The van der Waals surface area contributed by atoms with E-state index in [1.807, 2.05) is 0 Å². The number of carbonyl (C=O) groups is 1. The monoisotopic (exact) mass is 196 g/mol. The SMILES string of the molecule is O=C([O-])c1cccc(Cl)c1F.[Na+]. The minimum absolute atomic E-state index is 0. The van der Waals surface area contributed by atoms with E-state index < -0.39 is 17.3 Å². The molecule has 0 aliphatic heterocycles. The van der Waals surface area contributed by atoms with E-state index in [0.717, 1.165) is 6.07 Å². The number of carbonyl (C=O) groups excluding carboxylic acids is 1. The van der Waals surface area contributed by atoms with Crippen LogP contribution in [0.15, 0.2) is 18.2 Å². The summed E-state index contributed by atoms with van der Waals surface area (Å²) in [5, 5.41) is 9.95. The van der Waals surface area contributed by atoms with E-state index >= 15 is 0 Å². The first kappa shape index (κ1) is 11.9. The van der Waals surface area contributed by atoms with E-state index in [2.05, 4.69) is 0 Å². The second kappa shape index (κ2) is 4.82. The molecule has 0 saturated carbocycles. The third kappa shape index (κ3) is 2.45. The fourth-order valence-corrected chi connectivity index (χ4v) is 0.836. The second-order valence-corrected chi connectivity index (χ2v) is 2.30. The van der Waals surface area contributed by atoms with Crippen molar-refractivity contribution in [2.24, 2.45) is 0 Å². The van der Waals surface area contributed by atoms with E-state index in [9.17, 15) is 14.3 Å². The molecule has 0 spiro atoms. The summed E-state index contributed by atoms with van der Waals surface area (Å²) in [4.78, 5) is 10.2. The van der Waals surface area contributed by atoms with Gasteiger partial charge < -0.3 is 9.90 Å². The zero-order valence-electron chi connectivity index (χ0n) is 6.30. The molecule has 0 radical (unpaired) electrons. The Kier molecular flexibility index (Phi) is 4.78. The molecule has 0 bridgehead atoms. The summed E-state index contributed by atoms with van der Waals surface area (Å²) < 4.78 is 12.7. The molecule has 12 heavy (non-hydrogen) atoms. The average molecular weight is 197 g/mol. The van der Waals surface area contributed by atoms with Gasteiger partial charge in [-0.05, 0) is 6.07 Å². The topological polar surface area (TPSA) is 40.1 Å². The Morgan fingerprint density at radius 3 is 2.50 bits per heavy atom. The van der Waals surface area contributed by atoms with Crippen molar-refractivity contribution in [3.63, 3.8) is 0 Å². The molecular weight excluding hydrogens is 194 g/mol. The van der Waals surface area contributed by atoms with Crippen LogP contribution in [-0.4, -0.2) is 5.97 Å².